The molecule has 0 unspecified atom stereocenters. The average molecular weight is 539 g/mol. The second-order valence-corrected chi connectivity index (χ2v) is 10.2. The minimum absolute atomic E-state index is 0.280. The van der Waals surface area contributed by atoms with E-state index in [2.05, 4.69) is 0 Å². The number of hydrogen-bond donors (Lipinski definition) is 0. The number of aromatic nitrogens is 2. The lowest BCUT2D eigenvalue weighted by Crippen LogP contribution is -2.23. The van der Waals surface area contributed by atoms with Crippen molar-refractivity contribution in [2.24, 2.45) is 0 Å². The molecule has 7 rings (SSSR count). The monoisotopic (exact) mass is 538 g/mol. The standard InChI is InChI=1S/C35H23FN2O3/c1-21-20-28-29(35(41)37(21)24-10-4-2-5-11-24)30(31-33(39)26-14-8-9-15-27(26)34(31)40)32(22-16-18-23(36)19-17-22)38(28)25-12-6-3-7-13-25/h2-20,31H,1H3. The molecule has 6 aromatic rings. The fraction of sp³-hybridized carbons (Fsp3) is 0.0571. The van der Waals surface area contributed by atoms with Crippen molar-refractivity contribution in [2.75, 3.05) is 0 Å². The lowest BCUT2D eigenvalue weighted by atomic mass is 9.89. The highest BCUT2D eigenvalue weighted by Crippen LogP contribution is 2.44. The third-order valence-electron chi connectivity index (χ3n) is 7.78. The number of aryl methyl sites for hydroxylation is 1. The Bertz CT molecular complexity index is 2020. The molecule has 4 aromatic carbocycles. The third kappa shape index (κ3) is 3.72. The summed E-state index contributed by atoms with van der Waals surface area (Å²) in [4.78, 5) is 42.5. The maximum absolute atomic E-state index is 14.6. The van der Waals surface area contributed by atoms with Gasteiger partial charge in [-0.25, -0.2) is 4.39 Å². The van der Waals surface area contributed by atoms with Crippen molar-refractivity contribution < 1.29 is 14.0 Å². The van der Waals surface area contributed by atoms with Crippen molar-refractivity contribution >= 4 is 22.5 Å². The largest absolute Gasteiger partial charge is 0.309 e. The molecule has 0 saturated carbocycles. The Morgan fingerprint density at radius 3 is 1.71 bits per heavy atom. The van der Waals surface area contributed by atoms with E-state index in [1.165, 1.54) is 12.1 Å². The molecule has 6 heteroatoms. The van der Waals surface area contributed by atoms with Crippen LogP contribution in [-0.2, 0) is 0 Å². The molecule has 1 aliphatic carbocycles. The van der Waals surface area contributed by atoms with E-state index in [9.17, 15) is 18.8 Å². The summed E-state index contributed by atoms with van der Waals surface area (Å²) in [5, 5.41) is 0.280. The fourth-order valence-electron chi connectivity index (χ4n) is 6.03. The zero-order valence-electron chi connectivity index (χ0n) is 22.0. The van der Waals surface area contributed by atoms with Crippen LogP contribution in [-0.4, -0.2) is 20.7 Å². The Hall–Kier alpha value is -5.36. The lowest BCUT2D eigenvalue weighted by Gasteiger charge is -2.15. The summed E-state index contributed by atoms with van der Waals surface area (Å²) in [5.74, 6) is -2.35. The minimum Gasteiger partial charge on any atom is -0.309 e. The number of fused-ring (bicyclic) bond motifs is 2. The van der Waals surface area contributed by atoms with Gasteiger partial charge in [0.25, 0.3) is 5.56 Å². The highest BCUT2D eigenvalue weighted by atomic mass is 19.1. The number of halogens is 1. The van der Waals surface area contributed by atoms with Gasteiger partial charge in [0, 0.05) is 33.8 Å². The third-order valence-corrected chi connectivity index (χ3v) is 7.78. The summed E-state index contributed by atoms with van der Waals surface area (Å²) >= 11 is 0. The van der Waals surface area contributed by atoms with Crippen LogP contribution in [0.3, 0.4) is 0 Å². The van der Waals surface area contributed by atoms with Crippen molar-refractivity contribution in [3.8, 4) is 22.6 Å². The van der Waals surface area contributed by atoms with Crippen molar-refractivity contribution in [3.05, 3.63) is 154 Å². The minimum atomic E-state index is -1.22. The van der Waals surface area contributed by atoms with Gasteiger partial charge >= 0.3 is 0 Å². The number of hydrogen-bond acceptors (Lipinski definition) is 3. The zero-order chi connectivity index (χ0) is 28.2. The van der Waals surface area contributed by atoms with E-state index in [0.29, 0.717) is 44.8 Å². The summed E-state index contributed by atoms with van der Waals surface area (Å²) in [6, 6.07) is 33.3. The number of nitrogens with zero attached hydrogens (tertiary/aromatic N) is 2. The van der Waals surface area contributed by atoms with E-state index < -0.39 is 11.7 Å². The Morgan fingerprint density at radius 1 is 0.634 bits per heavy atom. The molecule has 0 spiro atoms. The highest BCUT2D eigenvalue weighted by molar-refractivity contribution is 6.31. The first kappa shape index (κ1) is 24.7. The van der Waals surface area contributed by atoms with Gasteiger partial charge in [-0.3, -0.25) is 19.0 Å². The molecule has 2 aromatic heterocycles. The van der Waals surface area contributed by atoms with Crippen LogP contribution < -0.4 is 5.56 Å². The van der Waals surface area contributed by atoms with Gasteiger partial charge in [-0.1, -0.05) is 60.7 Å². The summed E-state index contributed by atoms with van der Waals surface area (Å²) in [5.41, 5.74) is 4.43. The zero-order valence-corrected chi connectivity index (χ0v) is 22.0. The average Bonchev–Trinajstić information content (AvgIpc) is 3.45. The SMILES string of the molecule is Cc1cc2c(c(C3C(=O)c4ccccc4C3=O)c(-c3ccc(F)cc3)n2-c2ccccc2)c(=O)n1-c1ccccc1. The molecule has 0 aliphatic heterocycles. The van der Waals surface area contributed by atoms with E-state index in [1.807, 2.05) is 78.2 Å². The van der Waals surface area contributed by atoms with E-state index in [4.69, 9.17) is 0 Å². The van der Waals surface area contributed by atoms with Crippen LogP contribution in [0.25, 0.3) is 33.5 Å². The van der Waals surface area contributed by atoms with Crippen molar-refractivity contribution in [1.82, 2.24) is 9.13 Å². The molecule has 198 valence electrons. The summed E-state index contributed by atoms with van der Waals surface area (Å²) in [6.45, 7) is 1.86. The van der Waals surface area contributed by atoms with E-state index in [1.54, 1.807) is 41.0 Å². The Balaban J connectivity index is 1.68. The molecule has 2 heterocycles. The molecular weight excluding hydrogens is 515 g/mol. The lowest BCUT2D eigenvalue weighted by molar-refractivity contribution is 0.0891. The normalized spacial score (nSPS) is 13.2. The summed E-state index contributed by atoms with van der Waals surface area (Å²) in [6.07, 6.45) is 0. The molecule has 0 amide bonds. The Kier molecular flexibility index (Phi) is 5.64. The van der Waals surface area contributed by atoms with Gasteiger partial charge in [-0.05, 0) is 67.1 Å². The molecule has 0 radical (unpaired) electrons. The molecule has 0 atom stereocenters. The van der Waals surface area contributed by atoms with Crippen molar-refractivity contribution in [2.45, 2.75) is 12.8 Å². The molecule has 0 N–H and O–H groups in total. The number of ketones is 2. The first-order chi connectivity index (χ1) is 20.0. The first-order valence-electron chi connectivity index (χ1n) is 13.3. The fourth-order valence-corrected chi connectivity index (χ4v) is 6.03. The second-order valence-electron chi connectivity index (χ2n) is 10.2. The quantitative estimate of drug-likeness (QED) is 0.226. The maximum atomic E-state index is 14.6. The topological polar surface area (TPSA) is 61.1 Å². The Morgan fingerprint density at radius 2 is 1.15 bits per heavy atom. The number of Topliss-reactive ketones (excluding diaryl/α,β-unsaturated/α-hetero) is 2. The van der Waals surface area contributed by atoms with Crippen LogP contribution >= 0.6 is 0 Å². The van der Waals surface area contributed by atoms with Gasteiger partial charge < -0.3 is 4.57 Å². The van der Waals surface area contributed by atoms with Crippen LogP contribution in [0.1, 0.15) is 37.9 Å². The predicted molar refractivity (Wildman–Crippen MR) is 157 cm³/mol. The number of carbonyl (C=O) groups is 2. The summed E-state index contributed by atoms with van der Waals surface area (Å²) in [7, 11) is 0. The van der Waals surface area contributed by atoms with E-state index >= 15 is 0 Å². The van der Waals surface area contributed by atoms with Crippen LogP contribution in [0.15, 0.2) is 120 Å². The predicted octanol–water partition coefficient (Wildman–Crippen LogP) is 7.06. The number of para-hydroxylation sites is 2. The second kappa shape index (κ2) is 9.38. The molecule has 0 fully saturated rings. The van der Waals surface area contributed by atoms with Gasteiger partial charge in [-0.2, -0.15) is 0 Å². The van der Waals surface area contributed by atoms with Gasteiger partial charge in [-0.15, -0.1) is 0 Å². The van der Waals surface area contributed by atoms with E-state index in [-0.39, 0.29) is 22.5 Å². The molecule has 1 aliphatic rings. The van der Waals surface area contributed by atoms with Gasteiger partial charge in [0.05, 0.1) is 16.6 Å². The number of carbonyl (C=O) groups excluding carboxylic acids is 2. The van der Waals surface area contributed by atoms with Gasteiger partial charge in [0.15, 0.2) is 11.6 Å². The van der Waals surface area contributed by atoms with Crippen LogP contribution in [0.4, 0.5) is 4.39 Å². The highest BCUT2D eigenvalue weighted by Gasteiger charge is 2.43. The number of rotatable bonds is 4. The van der Waals surface area contributed by atoms with Crippen LogP contribution in [0.2, 0.25) is 0 Å². The van der Waals surface area contributed by atoms with Crippen molar-refractivity contribution in [3.63, 3.8) is 0 Å². The first-order valence-corrected chi connectivity index (χ1v) is 13.3. The summed E-state index contributed by atoms with van der Waals surface area (Å²) < 4.78 is 17.6. The van der Waals surface area contributed by atoms with Crippen LogP contribution in [0, 0.1) is 12.7 Å². The molecule has 0 saturated heterocycles. The molecule has 0 bridgehead atoms. The van der Waals surface area contributed by atoms with Crippen molar-refractivity contribution in [1.29, 1.82) is 0 Å². The van der Waals surface area contributed by atoms with Gasteiger partial charge in [0.1, 0.15) is 11.7 Å². The number of benzene rings is 4. The number of pyridine rings is 1. The van der Waals surface area contributed by atoms with Crippen LogP contribution in [0.5, 0.6) is 0 Å². The maximum Gasteiger partial charge on any atom is 0.265 e. The van der Waals surface area contributed by atoms with Gasteiger partial charge in [0.2, 0.25) is 0 Å². The molecule has 5 nitrogen and oxygen atoms in total. The molecular formula is C35H23FN2O3. The van der Waals surface area contributed by atoms with E-state index in [0.717, 1.165) is 5.69 Å². The Labute approximate surface area is 234 Å². The smallest absolute Gasteiger partial charge is 0.265 e. The molecule has 41 heavy (non-hydrogen) atoms.